The first kappa shape index (κ1) is 10.5. The van der Waals surface area contributed by atoms with Crippen molar-refractivity contribution in [1.82, 2.24) is 0 Å². The molecule has 0 bridgehead atoms. The smallest absolute Gasteiger partial charge is 0.264 e. The second-order valence-corrected chi connectivity index (χ2v) is 4.36. The van der Waals surface area contributed by atoms with Crippen LogP contribution in [0.4, 0.5) is 5.69 Å². The van der Waals surface area contributed by atoms with Crippen LogP contribution in [0.25, 0.3) is 0 Å². The number of fused-ring (bicyclic) bond motifs is 1. The van der Waals surface area contributed by atoms with Crippen molar-refractivity contribution in [2.24, 2.45) is 0 Å². The first-order valence-electron chi connectivity index (χ1n) is 4.85. The summed E-state index contributed by atoms with van der Waals surface area (Å²) < 4.78 is 6.41. The summed E-state index contributed by atoms with van der Waals surface area (Å²) in [6.45, 7) is 2.22. The number of benzene rings is 1. The molecule has 0 radical (unpaired) electrons. The van der Waals surface area contributed by atoms with Gasteiger partial charge in [-0.2, -0.15) is 0 Å². The molecule has 3 nitrogen and oxygen atoms in total. The van der Waals surface area contributed by atoms with Gasteiger partial charge in [0.2, 0.25) is 0 Å². The van der Waals surface area contributed by atoms with Crippen molar-refractivity contribution < 1.29 is 9.53 Å². The third kappa shape index (κ3) is 1.74. The molecule has 2 rings (SSSR count). The minimum atomic E-state index is -0.0151. The van der Waals surface area contributed by atoms with Crippen LogP contribution in [-0.4, -0.2) is 19.6 Å². The molecule has 0 unspecified atom stereocenters. The molecule has 0 aromatic heterocycles. The molecule has 0 aliphatic carbocycles. The molecule has 1 amide bonds. The van der Waals surface area contributed by atoms with Crippen molar-refractivity contribution in [1.29, 1.82) is 0 Å². The lowest BCUT2D eigenvalue weighted by Gasteiger charge is -2.26. The Balaban J connectivity index is 2.52. The lowest BCUT2D eigenvalue weighted by atomic mass is 10.1. The van der Waals surface area contributed by atoms with Gasteiger partial charge >= 0.3 is 0 Å². The Kier molecular flexibility index (Phi) is 2.69. The van der Waals surface area contributed by atoms with E-state index in [-0.39, 0.29) is 12.5 Å². The van der Waals surface area contributed by atoms with Crippen molar-refractivity contribution in [2.45, 2.75) is 13.3 Å². The molecular weight excluding hydrogens is 258 g/mol. The summed E-state index contributed by atoms with van der Waals surface area (Å²) in [4.78, 5) is 13.0. The van der Waals surface area contributed by atoms with Gasteiger partial charge in [-0.15, -0.1) is 0 Å². The van der Waals surface area contributed by atoms with Crippen molar-refractivity contribution in [3.05, 3.63) is 22.2 Å². The van der Waals surface area contributed by atoms with Gasteiger partial charge in [-0.25, -0.2) is 0 Å². The molecule has 0 saturated carbocycles. The van der Waals surface area contributed by atoms with E-state index in [0.29, 0.717) is 0 Å². The van der Waals surface area contributed by atoms with Gasteiger partial charge in [0.25, 0.3) is 5.91 Å². The second-order valence-electron chi connectivity index (χ2n) is 3.51. The maximum absolute atomic E-state index is 11.4. The minimum Gasteiger partial charge on any atom is -0.482 e. The molecule has 0 N–H and O–H groups in total. The molecule has 0 atom stereocenters. The molecule has 1 aliphatic rings. The highest BCUT2D eigenvalue weighted by Gasteiger charge is 2.23. The highest BCUT2D eigenvalue weighted by molar-refractivity contribution is 9.10. The van der Waals surface area contributed by atoms with Crippen LogP contribution in [-0.2, 0) is 11.2 Å². The van der Waals surface area contributed by atoms with Gasteiger partial charge in [-0.1, -0.05) is 22.9 Å². The van der Waals surface area contributed by atoms with Gasteiger partial charge in [0.05, 0.1) is 5.69 Å². The third-order valence-corrected chi connectivity index (χ3v) is 3.33. The molecule has 1 aromatic carbocycles. The number of ether oxygens (including phenoxy) is 1. The van der Waals surface area contributed by atoms with E-state index >= 15 is 0 Å². The summed E-state index contributed by atoms with van der Waals surface area (Å²) in [6.07, 6.45) is 0.939. The summed E-state index contributed by atoms with van der Waals surface area (Å²) in [7, 11) is 1.77. The largest absolute Gasteiger partial charge is 0.482 e. The number of nitrogens with zero attached hydrogens (tertiary/aromatic N) is 1. The number of carbonyl (C=O) groups is 1. The zero-order valence-electron chi connectivity index (χ0n) is 8.71. The van der Waals surface area contributed by atoms with Crippen LogP contribution in [0, 0.1) is 0 Å². The average Bonchev–Trinajstić information content (AvgIpc) is 2.24. The number of halogens is 1. The lowest BCUT2D eigenvalue weighted by Crippen LogP contribution is -2.35. The molecule has 0 saturated heterocycles. The summed E-state index contributed by atoms with van der Waals surface area (Å²) in [5.41, 5.74) is 2.02. The molecular formula is C11H12BrNO2. The van der Waals surface area contributed by atoms with Crippen LogP contribution in [0.2, 0.25) is 0 Å². The number of likely N-dealkylation sites (N-methyl/N-ethyl adjacent to an activating group) is 1. The van der Waals surface area contributed by atoms with Gasteiger partial charge in [0, 0.05) is 11.5 Å². The summed E-state index contributed by atoms with van der Waals surface area (Å²) in [6, 6.07) is 3.92. The van der Waals surface area contributed by atoms with Gasteiger partial charge < -0.3 is 9.64 Å². The number of carbonyl (C=O) groups excluding carboxylic acids is 1. The van der Waals surface area contributed by atoms with E-state index in [1.165, 1.54) is 5.56 Å². The molecule has 1 aliphatic heterocycles. The molecule has 0 spiro atoms. The SMILES string of the molecule is CCc1cc2c(cc1Br)N(C)C(=O)CO2. The first-order valence-corrected chi connectivity index (χ1v) is 5.64. The van der Waals surface area contributed by atoms with E-state index in [1.807, 2.05) is 12.1 Å². The molecule has 80 valence electrons. The van der Waals surface area contributed by atoms with Crippen LogP contribution in [0.3, 0.4) is 0 Å². The summed E-state index contributed by atoms with van der Waals surface area (Å²) in [5, 5.41) is 0. The first-order chi connectivity index (χ1) is 7.13. The van der Waals surface area contributed by atoms with E-state index in [0.717, 1.165) is 22.3 Å². The Morgan fingerprint density at radius 1 is 1.53 bits per heavy atom. The predicted octanol–water partition coefficient (Wildman–Crippen LogP) is 2.37. The molecule has 1 aromatic rings. The van der Waals surface area contributed by atoms with Crippen molar-refractivity contribution in [2.75, 3.05) is 18.6 Å². The Morgan fingerprint density at radius 2 is 2.27 bits per heavy atom. The monoisotopic (exact) mass is 269 g/mol. The minimum absolute atomic E-state index is 0.0151. The van der Waals surface area contributed by atoms with E-state index in [2.05, 4.69) is 22.9 Å². The van der Waals surface area contributed by atoms with Crippen molar-refractivity contribution >= 4 is 27.5 Å². The normalized spacial score (nSPS) is 14.9. The Bertz CT molecular complexity index is 417. The number of aryl methyl sites for hydroxylation is 1. The van der Waals surface area contributed by atoms with Gasteiger partial charge in [0.1, 0.15) is 5.75 Å². The zero-order valence-corrected chi connectivity index (χ0v) is 10.3. The quantitative estimate of drug-likeness (QED) is 0.784. The number of anilines is 1. The number of rotatable bonds is 1. The van der Waals surface area contributed by atoms with E-state index in [4.69, 9.17) is 4.74 Å². The zero-order chi connectivity index (χ0) is 11.0. The number of amides is 1. The third-order valence-electron chi connectivity index (χ3n) is 2.60. The second kappa shape index (κ2) is 3.85. The molecule has 15 heavy (non-hydrogen) atoms. The van der Waals surface area contributed by atoms with Crippen molar-refractivity contribution in [3.63, 3.8) is 0 Å². The molecule has 4 heteroatoms. The summed E-state index contributed by atoms with van der Waals surface area (Å²) >= 11 is 3.49. The maximum Gasteiger partial charge on any atom is 0.264 e. The van der Waals surface area contributed by atoms with E-state index in [1.54, 1.807) is 11.9 Å². The highest BCUT2D eigenvalue weighted by atomic mass is 79.9. The van der Waals surface area contributed by atoms with Crippen LogP contribution in [0.1, 0.15) is 12.5 Å². The Hall–Kier alpha value is -1.03. The Morgan fingerprint density at radius 3 is 2.93 bits per heavy atom. The summed E-state index contributed by atoms with van der Waals surface area (Å²) in [5.74, 6) is 0.774. The predicted molar refractivity (Wildman–Crippen MR) is 62.4 cm³/mol. The van der Waals surface area contributed by atoms with E-state index in [9.17, 15) is 4.79 Å². The number of hydrogen-bond donors (Lipinski definition) is 0. The van der Waals surface area contributed by atoms with Crippen molar-refractivity contribution in [3.8, 4) is 5.75 Å². The number of hydrogen-bond acceptors (Lipinski definition) is 2. The molecule has 1 heterocycles. The highest BCUT2D eigenvalue weighted by Crippen LogP contribution is 2.36. The van der Waals surface area contributed by atoms with Gasteiger partial charge in [-0.05, 0) is 24.1 Å². The fourth-order valence-electron chi connectivity index (χ4n) is 1.60. The topological polar surface area (TPSA) is 29.5 Å². The fraction of sp³-hybridized carbons (Fsp3) is 0.364. The van der Waals surface area contributed by atoms with Gasteiger partial charge in [0.15, 0.2) is 6.61 Å². The maximum atomic E-state index is 11.4. The van der Waals surface area contributed by atoms with Crippen LogP contribution < -0.4 is 9.64 Å². The standard InChI is InChI=1S/C11H12BrNO2/c1-3-7-4-10-9(5-8(7)12)13(2)11(14)6-15-10/h4-5H,3,6H2,1-2H3. The van der Waals surface area contributed by atoms with Gasteiger partial charge in [-0.3, -0.25) is 4.79 Å². The van der Waals surface area contributed by atoms with Crippen LogP contribution in [0.5, 0.6) is 5.75 Å². The van der Waals surface area contributed by atoms with Crippen LogP contribution in [0.15, 0.2) is 16.6 Å². The van der Waals surface area contributed by atoms with Crippen LogP contribution >= 0.6 is 15.9 Å². The molecule has 0 fully saturated rings. The van der Waals surface area contributed by atoms with E-state index < -0.39 is 0 Å². The Labute approximate surface area is 97.2 Å². The average molecular weight is 270 g/mol. The lowest BCUT2D eigenvalue weighted by molar-refractivity contribution is -0.120. The fourth-order valence-corrected chi connectivity index (χ4v) is 2.22.